The number of rotatable bonds is 2. The van der Waals surface area contributed by atoms with Crippen LogP contribution in [0.3, 0.4) is 0 Å². The van der Waals surface area contributed by atoms with Gasteiger partial charge in [0.2, 0.25) is 0 Å². The first kappa shape index (κ1) is 19.4. The Kier molecular flexibility index (Phi) is 7.51. The molecule has 0 fully saturated rings. The quantitative estimate of drug-likeness (QED) is 0.601. The molecule has 0 aliphatic rings. The summed E-state index contributed by atoms with van der Waals surface area (Å²) in [5.41, 5.74) is -0.0440. The molecule has 23 heavy (non-hydrogen) atoms. The molecule has 0 bridgehead atoms. The second-order valence-corrected chi connectivity index (χ2v) is 5.43. The summed E-state index contributed by atoms with van der Waals surface area (Å²) in [5.74, 6) is -1.70. The van der Waals surface area contributed by atoms with Crippen molar-refractivity contribution in [2.75, 3.05) is 7.11 Å². The maximum atomic E-state index is 10.9. The molecule has 0 aromatic carbocycles. The zero-order chi connectivity index (χ0) is 17.6. The highest BCUT2D eigenvalue weighted by molar-refractivity contribution is 6.34. The van der Waals surface area contributed by atoms with Gasteiger partial charge in [-0.05, 0) is 24.3 Å². The van der Waals surface area contributed by atoms with Crippen LogP contribution in [0.5, 0.6) is 0 Å². The van der Waals surface area contributed by atoms with E-state index in [-0.39, 0.29) is 26.7 Å². The van der Waals surface area contributed by atoms with Gasteiger partial charge in [0.05, 0.1) is 7.11 Å². The van der Waals surface area contributed by atoms with Crippen LogP contribution in [0.1, 0.15) is 21.0 Å². The fraction of sp³-hybridized carbons (Fsp3) is 0.0769. The molecule has 2 aromatic heterocycles. The molecule has 2 rings (SSSR count). The summed E-state index contributed by atoms with van der Waals surface area (Å²) < 4.78 is 4.43. The number of methoxy groups -OCH3 is 1. The molecule has 0 unspecified atom stereocenters. The van der Waals surface area contributed by atoms with Gasteiger partial charge in [0.15, 0.2) is 11.4 Å². The van der Waals surface area contributed by atoms with Crippen LogP contribution >= 0.6 is 46.4 Å². The monoisotopic (exact) mass is 396 g/mol. The summed E-state index contributed by atoms with van der Waals surface area (Å²) in [4.78, 5) is 28.5. The highest BCUT2D eigenvalue weighted by Gasteiger charge is 2.08. The number of esters is 1. The van der Waals surface area contributed by atoms with Gasteiger partial charge >= 0.3 is 11.9 Å². The second kappa shape index (κ2) is 8.88. The number of pyridine rings is 2. The van der Waals surface area contributed by atoms with E-state index in [4.69, 9.17) is 51.5 Å². The van der Waals surface area contributed by atoms with Crippen molar-refractivity contribution < 1.29 is 19.4 Å². The molecular weight excluding hydrogens is 390 g/mol. The maximum Gasteiger partial charge on any atom is 0.356 e. The van der Waals surface area contributed by atoms with Crippen LogP contribution in [-0.2, 0) is 4.74 Å². The van der Waals surface area contributed by atoms with E-state index in [1.54, 1.807) is 0 Å². The van der Waals surface area contributed by atoms with E-state index in [0.717, 1.165) is 0 Å². The Bertz CT molecular complexity index is 699. The molecule has 6 nitrogen and oxygen atoms in total. The fourth-order valence-electron chi connectivity index (χ4n) is 1.25. The fourth-order valence-corrected chi connectivity index (χ4v) is 2.19. The lowest BCUT2D eigenvalue weighted by atomic mass is 10.3. The van der Waals surface area contributed by atoms with Crippen LogP contribution in [0.15, 0.2) is 24.3 Å². The molecule has 0 aliphatic carbocycles. The number of aromatic carboxylic acids is 1. The summed E-state index contributed by atoms with van der Waals surface area (Å²) in [6, 6.07) is 5.43. The van der Waals surface area contributed by atoms with E-state index in [0.29, 0.717) is 5.02 Å². The molecular formula is C13H8Cl4N2O4. The SMILES string of the molecule is COC(=O)c1cc(Cl)cc(Cl)n1.O=C(O)c1cc(Cl)cc(Cl)n1. The zero-order valence-corrected chi connectivity index (χ0v) is 14.4. The lowest BCUT2D eigenvalue weighted by Gasteiger charge is -1.98. The van der Waals surface area contributed by atoms with E-state index >= 15 is 0 Å². The van der Waals surface area contributed by atoms with E-state index in [9.17, 15) is 9.59 Å². The minimum absolute atomic E-state index is 0.0786. The normalized spacial score (nSPS) is 9.61. The first-order valence-electron chi connectivity index (χ1n) is 5.70. The van der Waals surface area contributed by atoms with Crippen molar-refractivity contribution in [1.29, 1.82) is 0 Å². The molecule has 0 aliphatic heterocycles. The minimum Gasteiger partial charge on any atom is -0.477 e. The zero-order valence-electron chi connectivity index (χ0n) is 11.4. The number of aromatic nitrogens is 2. The molecule has 2 heterocycles. The van der Waals surface area contributed by atoms with Crippen molar-refractivity contribution in [3.05, 3.63) is 56.0 Å². The lowest BCUT2D eigenvalue weighted by Crippen LogP contribution is -2.03. The van der Waals surface area contributed by atoms with Gasteiger partial charge in [-0.2, -0.15) is 0 Å². The van der Waals surface area contributed by atoms with E-state index in [1.807, 2.05) is 0 Å². The number of ether oxygens (including phenoxy) is 1. The van der Waals surface area contributed by atoms with Crippen molar-refractivity contribution in [2.45, 2.75) is 0 Å². The standard InChI is InChI=1S/C7H5Cl2NO2.C6H3Cl2NO2/c1-12-7(11)5-2-4(8)3-6(9)10-5;7-3-1-4(6(10)11)9-5(8)2-3/h2-3H,1H3;1-2H,(H,10,11). The Morgan fingerprint density at radius 1 is 0.913 bits per heavy atom. The summed E-state index contributed by atoms with van der Waals surface area (Å²) in [7, 11) is 1.26. The summed E-state index contributed by atoms with van der Waals surface area (Å²) in [6.07, 6.45) is 0. The highest BCUT2D eigenvalue weighted by Crippen LogP contribution is 2.16. The van der Waals surface area contributed by atoms with Crippen LogP contribution < -0.4 is 0 Å². The van der Waals surface area contributed by atoms with Crippen LogP contribution in [0, 0.1) is 0 Å². The topological polar surface area (TPSA) is 89.4 Å². The number of carbonyl (C=O) groups is 2. The van der Waals surface area contributed by atoms with E-state index in [1.165, 1.54) is 31.4 Å². The van der Waals surface area contributed by atoms with Gasteiger partial charge in [0, 0.05) is 10.0 Å². The smallest absolute Gasteiger partial charge is 0.356 e. The summed E-state index contributed by atoms with van der Waals surface area (Å²) >= 11 is 22.1. The van der Waals surface area contributed by atoms with Crippen molar-refractivity contribution in [1.82, 2.24) is 9.97 Å². The summed E-state index contributed by atoms with van der Waals surface area (Å²) in [5, 5.41) is 9.32. The van der Waals surface area contributed by atoms with Gasteiger partial charge in [-0.1, -0.05) is 46.4 Å². The van der Waals surface area contributed by atoms with Crippen molar-refractivity contribution in [2.24, 2.45) is 0 Å². The van der Waals surface area contributed by atoms with Gasteiger partial charge in [0.25, 0.3) is 0 Å². The number of hydrogen-bond donors (Lipinski definition) is 1. The predicted octanol–water partition coefficient (Wildman–Crippen LogP) is 4.26. The predicted molar refractivity (Wildman–Crippen MR) is 86.8 cm³/mol. The first-order valence-corrected chi connectivity index (χ1v) is 7.22. The van der Waals surface area contributed by atoms with Crippen LogP contribution in [0.2, 0.25) is 20.4 Å². The Hall–Kier alpha value is -1.60. The third-order valence-electron chi connectivity index (χ3n) is 2.13. The number of hydrogen-bond acceptors (Lipinski definition) is 5. The number of carboxylic acids is 1. The average Bonchev–Trinajstić information content (AvgIpc) is 2.45. The Balaban J connectivity index is 0.000000231. The number of nitrogens with zero attached hydrogens (tertiary/aromatic N) is 2. The van der Waals surface area contributed by atoms with Gasteiger partial charge in [-0.25, -0.2) is 19.6 Å². The molecule has 0 amide bonds. The average molecular weight is 398 g/mol. The molecule has 0 radical (unpaired) electrons. The molecule has 10 heteroatoms. The minimum atomic E-state index is -1.14. The third-order valence-corrected chi connectivity index (χ3v) is 2.96. The van der Waals surface area contributed by atoms with Crippen molar-refractivity contribution in [3.8, 4) is 0 Å². The molecule has 0 saturated carbocycles. The molecule has 0 atom stereocenters. The van der Waals surface area contributed by atoms with Crippen LogP contribution in [0.25, 0.3) is 0 Å². The summed E-state index contributed by atoms with van der Waals surface area (Å²) in [6.45, 7) is 0. The second-order valence-electron chi connectivity index (χ2n) is 3.78. The number of carbonyl (C=O) groups excluding carboxylic acids is 1. The maximum absolute atomic E-state index is 10.9. The largest absolute Gasteiger partial charge is 0.477 e. The molecule has 0 saturated heterocycles. The number of carboxylic acid groups (broad SMARTS) is 1. The first-order chi connectivity index (χ1) is 10.7. The Morgan fingerprint density at radius 3 is 1.74 bits per heavy atom. The van der Waals surface area contributed by atoms with E-state index in [2.05, 4.69) is 14.7 Å². The van der Waals surface area contributed by atoms with Crippen molar-refractivity contribution >= 4 is 58.3 Å². The highest BCUT2D eigenvalue weighted by atomic mass is 35.5. The van der Waals surface area contributed by atoms with Gasteiger partial charge in [0.1, 0.15) is 10.3 Å². The lowest BCUT2D eigenvalue weighted by molar-refractivity contribution is 0.0593. The van der Waals surface area contributed by atoms with Gasteiger partial charge in [-0.15, -0.1) is 0 Å². The Labute approximate surface area is 150 Å². The van der Waals surface area contributed by atoms with Crippen LogP contribution in [0.4, 0.5) is 0 Å². The molecule has 1 N–H and O–H groups in total. The van der Waals surface area contributed by atoms with Crippen molar-refractivity contribution in [3.63, 3.8) is 0 Å². The van der Waals surface area contributed by atoms with Gasteiger partial charge < -0.3 is 9.84 Å². The van der Waals surface area contributed by atoms with Gasteiger partial charge in [-0.3, -0.25) is 0 Å². The molecule has 0 spiro atoms. The third kappa shape index (κ3) is 6.58. The number of halogens is 4. The molecule has 2 aromatic rings. The van der Waals surface area contributed by atoms with Crippen LogP contribution in [-0.4, -0.2) is 34.1 Å². The molecule has 122 valence electrons. The Morgan fingerprint density at radius 2 is 1.35 bits per heavy atom. The van der Waals surface area contributed by atoms with E-state index < -0.39 is 11.9 Å².